The molecule has 2 amide bonds. The second kappa shape index (κ2) is 7.97. The third-order valence-corrected chi connectivity index (χ3v) is 6.03. The maximum absolute atomic E-state index is 12.8. The Bertz CT molecular complexity index is 545. The number of carboxylic acids is 1. The maximum Gasteiger partial charge on any atom is 0.329 e. The molecule has 1 atom stereocenters. The Balaban J connectivity index is 2.03. The van der Waals surface area contributed by atoms with Gasteiger partial charge in [-0.15, -0.1) is 0 Å². The number of carboxylic acid groups (broad SMARTS) is 1. The molecule has 0 radical (unpaired) electrons. The van der Waals surface area contributed by atoms with Crippen LogP contribution in [0.4, 0.5) is 0 Å². The molecule has 1 saturated carbocycles. The molecule has 1 aliphatic heterocycles. The number of nitrogens with one attached hydrogen (secondary N) is 1. The van der Waals surface area contributed by atoms with E-state index in [2.05, 4.69) is 12.2 Å². The monoisotopic (exact) mass is 366 g/mol. The fourth-order valence-corrected chi connectivity index (χ4v) is 4.16. The first-order valence-corrected chi connectivity index (χ1v) is 9.94. The third kappa shape index (κ3) is 4.57. The highest BCUT2D eigenvalue weighted by atomic mass is 16.4. The average Bonchev–Trinajstić information content (AvgIpc) is 2.60. The van der Waals surface area contributed by atoms with Crippen LogP contribution in [0.2, 0.25) is 0 Å². The van der Waals surface area contributed by atoms with Gasteiger partial charge in [-0.25, -0.2) is 4.79 Å². The zero-order valence-corrected chi connectivity index (χ0v) is 16.6. The maximum atomic E-state index is 12.8. The van der Waals surface area contributed by atoms with Crippen molar-refractivity contribution in [3.63, 3.8) is 0 Å². The Hall–Kier alpha value is -1.59. The molecule has 1 heterocycles. The van der Waals surface area contributed by atoms with Crippen molar-refractivity contribution in [2.45, 2.75) is 78.2 Å². The van der Waals surface area contributed by atoms with E-state index in [9.17, 15) is 19.5 Å². The molecule has 0 aromatic rings. The third-order valence-electron chi connectivity index (χ3n) is 6.03. The Morgan fingerprint density at radius 1 is 1.15 bits per heavy atom. The molecule has 0 bridgehead atoms. The van der Waals surface area contributed by atoms with Crippen LogP contribution in [-0.2, 0) is 14.4 Å². The molecule has 1 aliphatic carbocycles. The summed E-state index contributed by atoms with van der Waals surface area (Å²) < 4.78 is 0. The van der Waals surface area contributed by atoms with Crippen LogP contribution in [0, 0.1) is 17.3 Å². The summed E-state index contributed by atoms with van der Waals surface area (Å²) in [5, 5.41) is 12.6. The van der Waals surface area contributed by atoms with Gasteiger partial charge in [0.15, 0.2) is 0 Å². The van der Waals surface area contributed by atoms with Gasteiger partial charge in [-0.05, 0) is 44.4 Å². The molecule has 26 heavy (non-hydrogen) atoms. The predicted molar refractivity (Wildman–Crippen MR) is 99.5 cm³/mol. The molecule has 2 rings (SSSR count). The van der Waals surface area contributed by atoms with Crippen molar-refractivity contribution in [1.29, 1.82) is 0 Å². The van der Waals surface area contributed by atoms with Crippen molar-refractivity contribution < 1.29 is 19.5 Å². The van der Waals surface area contributed by atoms with E-state index in [0.29, 0.717) is 38.3 Å². The van der Waals surface area contributed by atoms with Gasteiger partial charge in [0, 0.05) is 18.5 Å². The topological polar surface area (TPSA) is 86.7 Å². The molecule has 0 spiro atoms. The van der Waals surface area contributed by atoms with E-state index in [4.69, 9.17) is 0 Å². The minimum Gasteiger partial charge on any atom is -0.480 e. The lowest BCUT2D eigenvalue weighted by Crippen LogP contribution is -2.59. The van der Waals surface area contributed by atoms with Crippen LogP contribution in [0.25, 0.3) is 0 Å². The average molecular weight is 367 g/mol. The first-order chi connectivity index (χ1) is 12.1. The highest BCUT2D eigenvalue weighted by Gasteiger charge is 2.44. The van der Waals surface area contributed by atoms with Gasteiger partial charge in [-0.3, -0.25) is 9.59 Å². The van der Waals surface area contributed by atoms with E-state index in [1.807, 2.05) is 20.8 Å². The van der Waals surface area contributed by atoms with E-state index in [1.54, 1.807) is 4.90 Å². The lowest BCUT2D eigenvalue weighted by Gasteiger charge is -2.40. The van der Waals surface area contributed by atoms with Crippen LogP contribution in [-0.4, -0.2) is 46.4 Å². The number of carbonyl (C=O) groups is 3. The van der Waals surface area contributed by atoms with Crippen LogP contribution >= 0.6 is 0 Å². The number of hydrogen-bond donors (Lipinski definition) is 2. The first-order valence-electron chi connectivity index (χ1n) is 9.94. The minimum atomic E-state index is -1.14. The standard InChI is InChI=1S/C20H34N2O4/c1-5-14-8-10-20(11-9-14,18(25)26)21-16(23)15-7-6-12-22(13-15)17(24)19(2,3)4/h14-15H,5-13H2,1-4H3,(H,21,23)(H,25,26). The summed E-state index contributed by atoms with van der Waals surface area (Å²) in [6.07, 6.45) is 5.18. The lowest BCUT2D eigenvalue weighted by molar-refractivity contribution is -0.151. The van der Waals surface area contributed by atoms with E-state index < -0.39 is 16.9 Å². The summed E-state index contributed by atoms with van der Waals surface area (Å²) in [4.78, 5) is 39.0. The molecule has 2 N–H and O–H groups in total. The molecule has 0 aromatic heterocycles. The van der Waals surface area contributed by atoms with Crippen LogP contribution in [0.5, 0.6) is 0 Å². The van der Waals surface area contributed by atoms with Crippen molar-refractivity contribution in [3.05, 3.63) is 0 Å². The van der Waals surface area contributed by atoms with Gasteiger partial charge in [-0.2, -0.15) is 0 Å². The summed E-state index contributed by atoms with van der Waals surface area (Å²) in [7, 11) is 0. The molecular weight excluding hydrogens is 332 g/mol. The van der Waals surface area contributed by atoms with Gasteiger partial charge in [0.2, 0.25) is 11.8 Å². The fourth-order valence-electron chi connectivity index (χ4n) is 4.16. The number of aliphatic carboxylic acids is 1. The zero-order valence-electron chi connectivity index (χ0n) is 16.6. The van der Waals surface area contributed by atoms with E-state index in [1.165, 1.54) is 0 Å². The fraction of sp³-hybridized carbons (Fsp3) is 0.850. The molecule has 2 aliphatic rings. The Kier molecular flexibility index (Phi) is 6.35. The number of hydrogen-bond acceptors (Lipinski definition) is 3. The smallest absolute Gasteiger partial charge is 0.329 e. The van der Waals surface area contributed by atoms with E-state index in [0.717, 1.165) is 25.7 Å². The van der Waals surface area contributed by atoms with Crippen molar-refractivity contribution in [1.82, 2.24) is 10.2 Å². The number of carbonyl (C=O) groups excluding carboxylic acids is 2. The lowest BCUT2D eigenvalue weighted by atomic mass is 9.75. The second-order valence-electron chi connectivity index (χ2n) is 9.07. The van der Waals surface area contributed by atoms with Crippen molar-refractivity contribution >= 4 is 17.8 Å². The summed E-state index contributed by atoms with van der Waals surface area (Å²) in [6.45, 7) is 8.82. The van der Waals surface area contributed by atoms with Gasteiger partial charge >= 0.3 is 5.97 Å². The molecule has 6 nitrogen and oxygen atoms in total. The predicted octanol–water partition coefficient (Wildman–Crippen LogP) is 2.81. The number of piperidine rings is 1. The number of likely N-dealkylation sites (tertiary alicyclic amines) is 1. The molecule has 2 fully saturated rings. The Morgan fingerprint density at radius 3 is 2.27 bits per heavy atom. The van der Waals surface area contributed by atoms with Gasteiger partial charge in [0.1, 0.15) is 5.54 Å². The van der Waals surface area contributed by atoms with Crippen molar-refractivity contribution in [2.75, 3.05) is 13.1 Å². The normalized spacial score (nSPS) is 29.9. The first kappa shape index (κ1) is 20.7. The van der Waals surface area contributed by atoms with Crippen LogP contribution in [0.15, 0.2) is 0 Å². The highest BCUT2D eigenvalue weighted by Crippen LogP contribution is 2.34. The summed E-state index contributed by atoms with van der Waals surface area (Å²) >= 11 is 0. The number of rotatable bonds is 4. The van der Waals surface area contributed by atoms with Crippen LogP contribution in [0.3, 0.4) is 0 Å². The molecule has 1 unspecified atom stereocenters. The van der Waals surface area contributed by atoms with Gasteiger partial charge < -0.3 is 15.3 Å². The summed E-state index contributed by atoms with van der Waals surface area (Å²) in [5.41, 5.74) is -1.61. The van der Waals surface area contributed by atoms with Crippen molar-refractivity contribution in [3.8, 4) is 0 Å². The second-order valence-corrected chi connectivity index (χ2v) is 9.07. The van der Waals surface area contributed by atoms with E-state index >= 15 is 0 Å². The molecule has 148 valence electrons. The van der Waals surface area contributed by atoms with Gasteiger partial charge in [-0.1, -0.05) is 34.1 Å². The highest BCUT2D eigenvalue weighted by molar-refractivity contribution is 5.89. The number of amides is 2. The molecule has 0 aromatic carbocycles. The Labute approximate surface area is 156 Å². The van der Waals surface area contributed by atoms with Crippen molar-refractivity contribution in [2.24, 2.45) is 17.3 Å². The number of nitrogens with zero attached hydrogens (tertiary/aromatic N) is 1. The summed E-state index contributed by atoms with van der Waals surface area (Å²) in [5.74, 6) is -0.872. The van der Waals surface area contributed by atoms with E-state index in [-0.39, 0.29) is 17.7 Å². The molecule has 1 saturated heterocycles. The van der Waals surface area contributed by atoms with Crippen LogP contribution < -0.4 is 5.32 Å². The SMILES string of the molecule is CCC1CCC(NC(=O)C2CCCN(C(=O)C(C)(C)C)C2)(C(=O)O)CC1. The molecule has 6 heteroatoms. The molecular formula is C20H34N2O4. The summed E-state index contributed by atoms with van der Waals surface area (Å²) in [6, 6.07) is 0. The largest absolute Gasteiger partial charge is 0.480 e. The Morgan fingerprint density at radius 2 is 1.77 bits per heavy atom. The quantitative estimate of drug-likeness (QED) is 0.801. The van der Waals surface area contributed by atoms with Gasteiger partial charge in [0.25, 0.3) is 0 Å². The van der Waals surface area contributed by atoms with Gasteiger partial charge in [0.05, 0.1) is 5.92 Å². The zero-order chi connectivity index (χ0) is 19.5. The minimum absolute atomic E-state index is 0.0476. The van der Waals surface area contributed by atoms with Crippen LogP contribution in [0.1, 0.15) is 72.6 Å².